The minimum absolute atomic E-state index is 0.0276. The van der Waals surface area contributed by atoms with Crippen molar-refractivity contribution in [2.24, 2.45) is 0 Å². The maximum atomic E-state index is 13.2. The topological polar surface area (TPSA) is 65.3 Å². The third-order valence-electron chi connectivity index (χ3n) is 4.14. The summed E-state index contributed by atoms with van der Waals surface area (Å²) in [6.07, 6.45) is 0. The van der Waals surface area contributed by atoms with E-state index >= 15 is 0 Å². The van der Waals surface area contributed by atoms with Crippen molar-refractivity contribution in [2.75, 3.05) is 0 Å². The molecule has 0 spiro atoms. The van der Waals surface area contributed by atoms with E-state index in [4.69, 9.17) is 0 Å². The van der Waals surface area contributed by atoms with E-state index in [9.17, 15) is 18.3 Å². The van der Waals surface area contributed by atoms with Crippen molar-refractivity contribution < 1.29 is 18.3 Å². The van der Waals surface area contributed by atoms with Crippen LogP contribution in [0.3, 0.4) is 0 Å². The van der Waals surface area contributed by atoms with Crippen molar-refractivity contribution in [1.29, 1.82) is 0 Å². The number of rotatable bonds is 5. The van der Waals surface area contributed by atoms with Crippen LogP contribution in [0.15, 0.2) is 54.6 Å². The molecule has 25 heavy (non-hydrogen) atoms. The normalized spacial score (nSPS) is 12.3. The number of hydrogen-bond donors (Lipinski definition) is 1. The molecule has 1 heterocycles. The molecule has 1 N–H and O–H groups in total. The fourth-order valence-electron chi connectivity index (χ4n) is 2.86. The van der Waals surface area contributed by atoms with E-state index in [0.29, 0.717) is 5.56 Å². The second-order valence-corrected chi connectivity index (χ2v) is 6.65. The maximum absolute atomic E-state index is 13.2. The summed E-state index contributed by atoms with van der Waals surface area (Å²) in [5, 5.41) is 9.60. The van der Waals surface area contributed by atoms with E-state index in [-0.39, 0.29) is 18.2 Å². The largest absolute Gasteiger partial charge is 0.772 e. The molecule has 0 aliphatic rings. The lowest BCUT2D eigenvalue weighted by atomic mass is 10.1. The molecular formula is C19H17FNO3S-. The van der Waals surface area contributed by atoms with Gasteiger partial charge in [-0.25, -0.2) is 4.39 Å². The highest BCUT2D eigenvalue weighted by Crippen LogP contribution is 2.30. The molecule has 3 aromatic rings. The summed E-state index contributed by atoms with van der Waals surface area (Å²) in [7, 11) is 0. The van der Waals surface area contributed by atoms with E-state index < -0.39 is 11.1 Å². The Balaban J connectivity index is 2.09. The van der Waals surface area contributed by atoms with Crippen molar-refractivity contribution in [3.8, 4) is 16.9 Å². The Hall–Kier alpha value is -2.28. The van der Waals surface area contributed by atoms with E-state index in [1.165, 1.54) is 12.1 Å². The van der Waals surface area contributed by atoms with Gasteiger partial charge in [0.1, 0.15) is 5.82 Å². The summed E-state index contributed by atoms with van der Waals surface area (Å²) >= 11 is -2.13. The summed E-state index contributed by atoms with van der Waals surface area (Å²) in [6.45, 7) is 1.80. The Morgan fingerprint density at radius 3 is 2.32 bits per heavy atom. The van der Waals surface area contributed by atoms with Crippen LogP contribution < -0.4 is 0 Å². The molecule has 1 unspecified atom stereocenters. The first kappa shape index (κ1) is 17.5. The number of aliphatic hydroxyl groups is 1. The van der Waals surface area contributed by atoms with Gasteiger partial charge in [0.25, 0.3) is 0 Å². The number of hydrogen-bond acceptors (Lipinski definition) is 3. The maximum Gasteiger partial charge on any atom is 0.123 e. The monoisotopic (exact) mass is 358 g/mol. The van der Waals surface area contributed by atoms with E-state index in [0.717, 1.165) is 28.2 Å². The SMILES string of the molecule is Cc1c(CO)cc(-c2ccc(CS(=O)[O-])cc2)n1-c1ccc(F)cc1. The molecule has 0 fully saturated rings. The third kappa shape index (κ3) is 3.71. The molecule has 0 saturated heterocycles. The Morgan fingerprint density at radius 1 is 1.12 bits per heavy atom. The van der Waals surface area contributed by atoms with Gasteiger partial charge in [-0.3, -0.25) is 4.21 Å². The van der Waals surface area contributed by atoms with Crippen LogP contribution in [0.25, 0.3) is 16.9 Å². The average molecular weight is 358 g/mol. The molecule has 3 rings (SSSR count). The van der Waals surface area contributed by atoms with Gasteiger partial charge in [0.2, 0.25) is 0 Å². The van der Waals surface area contributed by atoms with Crippen molar-refractivity contribution in [3.05, 3.63) is 77.2 Å². The average Bonchev–Trinajstić information content (AvgIpc) is 2.92. The van der Waals surface area contributed by atoms with Gasteiger partial charge in [-0.15, -0.1) is 0 Å². The van der Waals surface area contributed by atoms with Gasteiger partial charge in [-0.05, 0) is 53.9 Å². The van der Waals surface area contributed by atoms with Crippen molar-refractivity contribution >= 4 is 11.1 Å². The Bertz CT molecular complexity index is 902. The minimum atomic E-state index is -2.13. The second-order valence-electron chi connectivity index (χ2n) is 5.76. The summed E-state index contributed by atoms with van der Waals surface area (Å²) in [4.78, 5) is 0. The highest BCUT2D eigenvalue weighted by atomic mass is 32.2. The molecule has 0 bridgehead atoms. The van der Waals surface area contributed by atoms with Crippen LogP contribution in [-0.4, -0.2) is 18.4 Å². The molecule has 0 amide bonds. The standard InChI is InChI=1S/C19H18FNO3S/c1-13-16(11-22)10-19(21(13)18-8-6-17(20)7-9-18)15-4-2-14(3-5-15)12-25(23)24/h2-10,22H,11-12H2,1H3,(H,23,24)/p-1. The van der Waals surface area contributed by atoms with Gasteiger partial charge in [0, 0.05) is 17.1 Å². The number of aromatic nitrogens is 1. The number of nitrogens with zero attached hydrogens (tertiary/aromatic N) is 1. The first-order valence-corrected chi connectivity index (χ1v) is 8.97. The van der Waals surface area contributed by atoms with Gasteiger partial charge in [0.15, 0.2) is 0 Å². The van der Waals surface area contributed by atoms with Gasteiger partial charge in [0.05, 0.1) is 12.3 Å². The van der Waals surface area contributed by atoms with E-state index in [1.54, 1.807) is 24.3 Å². The predicted molar refractivity (Wildman–Crippen MR) is 94.4 cm³/mol. The summed E-state index contributed by atoms with van der Waals surface area (Å²) in [5.74, 6) is -0.340. The Morgan fingerprint density at radius 2 is 1.76 bits per heavy atom. The lowest BCUT2D eigenvalue weighted by Gasteiger charge is -2.13. The fraction of sp³-hybridized carbons (Fsp3) is 0.158. The van der Waals surface area contributed by atoms with E-state index in [1.807, 2.05) is 29.7 Å². The molecule has 130 valence electrons. The van der Waals surface area contributed by atoms with Crippen LogP contribution in [-0.2, 0) is 23.4 Å². The van der Waals surface area contributed by atoms with Crippen LogP contribution in [0.2, 0.25) is 0 Å². The van der Waals surface area contributed by atoms with Gasteiger partial charge < -0.3 is 14.2 Å². The van der Waals surface area contributed by atoms with Crippen LogP contribution >= 0.6 is 0 Å². The molecule has 4 nitrogen and oxygen atoms in total. The Kier molecular flexibility index (Phi) is 5.13. The minimum Gasteiger partial charge on any atom is -0.772 e. The van der Waals surface area contributed by atoms with Crippen molar-refractivity contribution in [3.63, 3.8) is 0 Å². The summed E-state index contributed by atoms with van der Waals surface area (Å²) in [5.41, 5.74) is 4.88. The molecule has 0 radical (unpaired) electrons. The number of benzene rings is 2. The lowest BCUT2D eigenvalue weighted by molar-refractivity contribution is 0.281. The zero-order chi connectivity index (χ0) is 18.0. The lowest BCUT2D eigenvalue weighted by Crippen LogP contribution is -2.00. The summed E-state index contributed by atoms with van der Waals surface area (Å²) < 4.78 is 36.8. The van der Waals surface area contributed by atoms with Crippen LogP contribution in [0, 0.1) is 12.7 Å². The number of halogens is 1. The zero-order valence-corrected chi connectivity index (χ0v) is 14.4. The van der Waals surface area contributed by atoms with Crippen LogP contribution in [0.5, 0.6) is 0 Å². The molecule has 0 saturated carbocycles. The van der Waals surface area contributed by atoms with Crippen LogP contribution in [0.1, 0.15) is 16.8 Å². The van der Waals surface area contributed by atoms with Gasteiger partial charge in [-0.2, -0.15) is 0 Å². The molecule has 0 aliphatic heterocycles. The van der Waals surface area contributed by atoms with Crippen molar-refractivity contribution in [2.45, 2.75) is 19.3 Å². The number of aliphatic hydroxyl groups excluding tert-OH is 1. The first-order valence-electron chi connectivity index (χ1n) is 7.73. The molecule has 6 heteroatoms. The molecule has 1 atom stereocenters. The fourth-order valence-corrected chi connectivity index (χ4v) is 3.33. The van der Waals surface area contributed by atoms with Crippen molar-refractivity contribution in [1.82, 2.24) is 4.57 Å². The van der Waals surface area contributed by atoms with Crippen LogP contribution in [0.4, 0.5) is 4.39 Å². The summed E-state index contributed by atoms with van der Waals surface area (Å²) in [6, 6.07) is 15.3. The quantitative estimate of drug-likeness (QED) is 0.710. The smallest absolute Gasteiger partial charge is 0.123 e. The highest BCUT2D eigenvalue weighted by Gasteiger charge is 2.14. The first-order chi connectivity index (χ1) is 12.0. The van der Waals surface area contributed by atoms with Gasteiger partial charge >= 0.3 is 0 Å². The molecular weight excluding hydrogens is 341 g/mol. The van der Waals surface area contributed by atoms with Gasteiger partial charge in [-0.1, -0.05) is 35.3 Å². The highest BCUT2D eigenvalue weighted by molar-refractivity contribution is 7.78. The molecule has 1 aromatic heterocycles. The zero-order valence-electron chi connectivity index (χ0n) is 13.6. The third-order valence-corrected chi connectivity index (χ3v) is 4.71. The molecule has 0 aliphatic carbocycles. The van der Waals surface area contributed by atoms with E-state index in [2.05, 4.69) is 0 Å². The Labute approximate surface area is 147 Å². The predicted octanol–water partition coefficient (Wildman–Crippen LogP) is 3.46. The molecule has 2 aromatic carbocycles. The second kappa shape index (κ2) is 7.31.